The van der Waals surface area contributed by atoms with Crippen LogP contribution < -0.4 is 0 Å². The molecule has 6 atom stereocenters. The van der Waals surface area contributed by atoms with Crippen LogP contribution in [-0.4, -0.2) is 48.0 Å². The van der Waals surface area contributed by atoms with Crippen molar-refractivity contribution >= 4 is 0 Å². The molecule has 0 aromatic carbocycles. The third-order valence-corrected chi connectivity index (χ3v) is 4.83. The standard InChI is InChI=1S/C15H29NO2/c1-10-5-11(2)14(15(17)6-10)8-16-7-13(4)18-9-12(16)3/h10-15,17H,5-9H2,1-4H3. The highest BCUT2D eigenvalue weighted by molar-refractivity contribution is 4.87. The highest BCUT2D eigenvalue weighted by Crippen LogP contribution is 2.34. The van der Waals surface area contributed by atoms with Gasteiger partial charge in [-0.05, 0) is 38.5 Å². The van der Waals surface area contributed by atoms with Crippen molar-refractivity contribution in [2.45, 2.75) is 58.8 Å². The van der Waals surface area contributed by atoms with Crippen molar-refractivity contribution < 1.29 is 9.84 Å². The second kappa shape index (κ2) is 5.89. The Hall–Kier alpha value is -0.120. The summed E-state index contributed by atoms with van der Waals surface area (Å²) in [6.07, 6.45) is 2.45. The SMILES string of the molecule is CC1CC(C)C(CN2CC(C)OCC2C)C(O)C1. The number of nitrogens with zero attached hydrogens (tertiary/aromatic N) is 1. The van der Waals surface area contributed by atoms with Gasteiger partial charge in [0, 0.05) is 25.0 Å². The Morgan fingerprint density at radius 2 is 1.89 bits per heavy atom. The van der Waals surface area contributed by atoms with Crippen molar-refractivity contribution in [3.63, 3.8) is 0 Å². The van der Waals surface area contributed by atoms with E-state index in [1.165, 1.54) is 6.42 Å². The first-order valence-electron chi connectivity index (χ1n) is 7.51. The highest BCUT2D eigenvalue weighted by atomic mass is 16.5. The van der Waals surface area contributed by atoms with Gasteiger partial charge in [-0.1, -0.05) is 13.8 Å². The molecular weight excluding hydrogens is 226 g/mol. The fourth-order valence-corrected chi connectivity index (χ4v) is 3.67. The summed E-state index contributed by atoms with van der Waals surface area (Å²) in [5, 5.41) is 10.3. The monoisotopic (exact) mass is 255 g/mol. The molecule has 3 nitrogen and oxygen atoms in total. The van der Waals surface area contributed by atoms with E-state index in [2.05, 4.69) is 32.6 Å². The molecule has 1 N–H and O–H groups in total. The molecule has 1 saturated carbocycles. The van der Waals surface area contributed by atoms with Gasteiger partial charge in [0.2, 0.25) is 0 Å². The van der Waals surface area contributed by atoms with Crippen LogP contribution >= 0.6 is 0 Å². The molecule has 2 aliphatic rings. The predicted molar refractivity (Wildman–Crippen MR) is 73.5 cm³/mol. The average Bonchev–Trinajstić information content (AvgIpc) is 2.28. The van der Waals surface area contributed by atoms with Crippen molar-refractivity contribution in [3.05, 3.63) is 0 Å². The van der Waals surface area contributed by atoms with E-state index in [9.17, 15) is 5.11 Å². The molecule has 0 aromatic heterocycles. The molecular formula is C15H29NO2. The van der Waals surface area contributed by atoms with E-state index >= 15 is 0 Å². The lowest BCUT2D eigenvalue weighted by Gasteiger charge is -2.43. The summed E-state index contributed by atoms with van der Waals surface area (Å²) in [6.45, 7) is 11.8. The Morgan fingerprint density at radius 3 is 2.56 bits per heavy atom. The van der Waals surface area contributed by atoms with Crippen LogP contribution in [-0.2, 0) is 4.74 Å². The quantitative estimate of drug-likeness (QED) is 0.820. The summed E-state index contributed by atoms with van der Waals surface area (Å²) in [4.78, 5) is 2.51. The molecule has 18 heavy (non-hydrogen) atoms. The van der Waals surface area contributed by atoms with Gasteiger partial charge in [-0.2, -0.15) is 0 Å². The number of rotatable bonds is 2. The molecule has 106 valence electrons. The summed E-state index contributed by atoms with van der Waals surface area (Å²) in [5.41, 5.74) is 0. The Balaban J connectivity index is 1.94. The van der Waals surface area contributed by atoms with Gasteiger partial charge in [0.1, 0.15) is 0 Å². The topological polar surface area (TPSA) is 32.7 Å². The minimum absolute atomic E-state index is 0.117. The first-order valence-corrected chi connectivity index (χ1v) is 7.51. The van der Waals surface area contributed by atoms with E-state index in [1.807, 2.05) is 0 Å². The third-order valence-electron chi connectivity index (χ3n) is 4.83. The van der Waals surface area contributed by atoms with E-state index in [4.69, 9.17) is 4.74 Å². The number of aliphatic hydroxyl groups is 1. The minimum Gasteiger partial charge on any atom is -0.393 e. The first-order chi connectivity index (χ1) is 8.47. The molecule has 1 heterocycles. The fourth-order valence-electron chi connectivity index (χ4n) is 3.67. The highest BCUT2D eigenvalue weighted by Gasteiger charge is 2.35. The van der Waals surface area contributed by atoms with E-state index in [-0.39, 0.29) is 6.10 Å². The van der Waals surface area contributed by atoms with Gasteiger partial charge in [0.05, 0.1) is 18.8 Å². The molecule has 0 radical (unpaired) electrons. The summed E-state index contributed by atoms with van der Waals surface area (Å²) in [6, 6.07) is 0.486. The summed E-state index contributed by atoms with van der Waals surface area (Å²) in [5.74, 6) is 1.75. The Kier molecular flexibility index (Phi) is 4.68. The van der Waals surface area contributed by atoms with Crippen LogP contribution in [0.15, 0.2) is 0 Å². The van der Waals surface area contributed by atoms with Crippen LogP contribution in [0, 0.1) is 17.8 Å². The van der Waals surface area contributed by atoms with Crippen LogP contribution in [0.3, 0.4) is 0 Å². The molecule has 0 bridgehead atoms. The van der Waals surface area contributed by atoms with Gasteiger partial charge in [-0.3, -0.25) is 4.90 Å². The lowest BCUT2D eigenvalue weighted by molar-refractivity contribution is -0.0746. The summed E-state index contributed by atoms with van der Waals surface area (Å²) in [7, 11) is 0. The van der Waals surface area contributed by atoms with Crippen molar-refractivity contribution in [2.75, 3.05) is 19.7 Å². The van der Waals surface area contributed by atoms with E-state index in [0.29, 0.717) is 29.9 Å². The van der Waals surface area contributed by atoms with Crippen molar-refractivity contribution in [3.8, 4) is 0 Å². The second-order valence-electron chi connectivity index (χ2n) is 6.73. The zero-order valence-corrected chi connectivity index (χ0v) is 12.3. The van der Waals surface area contributed by atoms with Gasteiger partial charge < -0.3 is 9.84 Å². The minimum atomic E-state index is -0.117. The van der Waals surface area contributed by atoms with Crippen molar-refractivity contribution in [1.82, 2.24) is 4.90 Å². The Bertz CT molecular complexity index is 259. The predicted octanol–water partition coefficient (Wildman–Crippen LogP) is 2.14. The summed E-state index contributed by atoms with van der Waals surface area (Å²) >= 11 is 0. The van der Waals surface area contributed by atoms with Crippen LogP contribution in [0.5, 0.6) is 0 Å². The van der Waals surface area contributed by atoms with Crippen LogP contribution in [0.2, 0.25) is 0 Å². The molecule has 0 aromatic rings. The Labute approximate surface area is 112 Å². The van der Waals surface area contributed by atoms with Gasteiger partial charge in [-0.25, -0.2) is 0 Å². The number of morpholine rings is 1. The molecule has 1 saturated heterocycles. The van der Waals surface area contributed by atoms with E-state index < -0.39 is 0 Å². The van der Waals surface area contributed by atoms with E-state index in [1.54, 1.807) is 0 Å². The normalized spacial score (nSPS) is 47.2. The molecule has 1 aliphatic heterocycles. The maximum atomic E-state index is 10.3. The largest absolute Gasteiger partial charge is 0.393 e. The number of hydrogen-bond donors (Lipinski definition) is 1. The molecule has 1 aliphatic carbocycles. The van der Waals surface area contributed by atoms with Crippen molar-refractivity contribution in [2.24, 2.45) is 17.8 Å². The summed E-state index contributed by atoms with van der Waals surface area (Å²) < 4.78 is 5.68. The zero-order valence-electron chi connectivity index (χ0n) is 12.3. The van der Waals surface area contributed by atoms with Crippen LogP contribution in [0.1, 0.15) is 40.5 Å². The number of ether oxygens (including phenoxy) is 1. The molecule has 0 amide bonds. The van der Waals surface area contributed by atoms with Gasteiger partial charge >= 0.3 is 0 Å². The maximum Gasteiger partial charge on any atom is 0.0674 e. The van der Waals surface area contributed by atoms with E-state index in [0.717, 1.165) is 26.1 Å². The maximum absolute atomic E-state index is 10.3. The molecule has 3 heteroatoms. The lowest BCUT2D eigenvalue weighted by atomic mass is 9.73. The van der Waals surface area contributed by atoms with Gasteiger partial charge in [0.25, 0.3) is 0 Å². The third kappa shape index (κ3) is 3.25. The zero-order chi connectivity index (χ0) is 13.3. The smallest absolute Gasteiger partial charge is 0.0674 e. The molecule has 6 unspecified atom stereocenters. The first kappa shape index (κ1) is 14.3. The Morgan fingerprint density at radius 1 is 1.17 bits per heavy atom. The van der Waals surface area contributed by atoms with Crippen LogP contribution in [0.25, 0.3) is 0 Å². The molecule has 0 spiro atoms. The average molecular weight is 255 g/mol. The van der Waals surface area contributed by atoms with Gasteiger partial charge in [-0.15, -0.1) is 0 Å². The molecule has 2 fully saturated rings. The van der Waals surface area contributed by atoms with Gasteiger partial charge in [0.15, 0.2) is 0 Å². The number of hydrogen-bond acceptors (Lipinski definition) is 3. The molecule has 2 rings (SSSR count). The van der Waals surface area contributed by atoms with Crippen molar-refractivity contribution in [1.29, 1.82) is 0 Å². The lowest BCUT2D eigenvalue weighted by Crippen LogP contribution is -2.52. The van der Waals surface area contributed by atoms with Crippen LogP contribution in [0.4, 0.5) is 0 Å². The second-order valence-corrected chi connectivity index (χ2v) is 6.73. The number of aliphatic hydroxyl groups excluding tert-OH is 1. The fraction of sp³-hybridized carbons (Fsp3) is 1.00.